The summed E-state index contributed by atoms with van der Waals surface area (Å²) in [5.74, 6) is -2.02. The lowest BCUT2D eigenvalue weighted by Gasteiger charge is -2.37. The van der Waals surface area contributed by atoms with Crippen LogP contribution in [-0.4, -0.2) is 49.6 Å². The normalized spacial score (nSPS) is 22.4. The number of benzene rings is 1. The maximum Gasteiger partial charge on any atom is 0.270 e. The van der Waals surface area contributed by atoms with Gasteiger partial charge in [-0.3, -0.25) is 9.69 Å². The molecule has 3 rings (SSSR count). The van der Waals surface area contributed by atoms with Gasteiger partial charge in [-0.05, 0) is 63.1 Å². The van der Waals surface area contributed by atoms with Crippen molar-refractivity contribution in [3.8, 4) is 6.07 Å². The molecule has 0 aromatic heterocycles. The van der Waals surface area contributed by atoms with Gasteiger partial charge in [0.2, 0.25) is 5.91 Å². The summed E-state index contributed by atoms with van der Waals surface area (Å²) < 4.78 is 27.3. The lowest BCUT2D eigenvalue weighted by molar-refractivity contribution is -0.122. The molecule has 5 nitrogen and oxygen atoms in total. The molecule has 7 heteroatoms. The van der Waals surface area contributed by atoms with Gasteiger partial charge in [-0.2, -0.15) is 5.26 Å². The molecule has 2 aliphatic rings. The summed E-state index contributed by atoms with van der Waals surface area (Å²) in [7, 11) is 0. The van der Waals surface area contributed by atoms with Crippen molar-refractivity contribution in [1.82, 2.24) is 10.2 Å². The highest BCUT2D eigenvalue weighted by molar-refractivity contribution is 5.76. The second kappa shape index (κ2) is 11.6. The van der Waals surface area contributed by atoms with Gasteiger partial charge in [0.15, 0.2) is 0 Å². The van der Waals surface area contributed by atoms with Gasteiger partial charge in [0.25, 0.3) is 5.92 Å². The van der Waals surface area contributed by atoms with Crippen molar-refractivity contribution < 1.29 is 13.6 Å². The minimum Gasteiger partial charge on any atom is -0.369 e. The highest BCUT2D eigenvalue weighted by Crippen LogP contribution is 2.30. The summed E-state index contributed by atoms with van der Waals surface area (Å²) in [5, 5.41) is 11.7. The quantitative estimate of drug-likeness (QED) is 0.560. The van der Waals surface area contributed by atoms with E-state index in [0.29, 0.717) is 25.2 Å². The monoisotopic (exact) mass is 446 g/mol. The molecule has 1 N–H and O–H groups in total. The fourth-order valence-corrected chi connectivity index (χ4v) is 4.79. The third kappa shape index (κ3) is 7.44. The standard InChI is InChI=1S/C25H36F2N4O/c1-25(26,27)21-5-4-6-23(19-21)31-17-15-30(16-18-31)14-12-20-8-10-22(11-9-20)29-24(32)7-2-3-13-28/h4-6,19-20,22H,2-3,7-12,14-18H2,1H3,(H,29,32). The average Bonchev–Trinajstić information content (AvgIpc) is 2.79. The largest absolute Gasteiger partial charge is 0.369 e. The molecule has 1 saturated heterocycles. The summed E-state index contributed by atoms with van der Waals surface area (Å²) in [6.07, 6.45) is 7.10. The second-order valence-corrected chi connectivity index (χ2v) is 9.35. The molecule has 1 saturated carbocycles. The first-order valence-corrected chi connectivity index (χ1v) is 12.0. The topological polar surface area (TPSA) is 59.4 Å². The van der Waals surface area contributed by atoms with Gasteiger partial charge in [0.05, 0.1) is 6.07 Å². The van der Waals surface area contributed by atoms with Crippen molar-refractivity contribution in [3.63, 3.8) is 0 Å². The number of rotatable bonds is 9. The van der Waals surface area contributed by atoms with E-state index < -0.39 is 5.92 Å². The van der Waals surface area contributed by atoms with Crippen LogP contribution >= 0.6 is 0 Å². The molecular weight excluding hydrogens is 410 g/mol. The average molecular weight is 447 g/mol. The van der Waals surface area contributed by atoms with Crippen LogP contribution in [0.15, 0.2) is 24.3 Å². The van der Waals surface area contributed by atoms with Crippen LogP contribution < -0.4 is 10.2 Å². The van der Waals surface area contributed by atoms with Crippen LogP contribution in [0.5, 0.6) is 0 Å². The van der Waals surface area contributed by atoms with E-state index in [1.165, 1.54) is 12.5 Å². The highest BCUT2D eigenvalue weighted by atomic mass is 19.3. The van der Waals surface area contributed by atoms with Gasteiger partial charge in [-0.1, -0.05) is 12.1 Å². The van der Waals surface area contributed by atoms with E-state index in [1.807, 2.05) is 6.07 Å². The fourth-order valence-electron chi connectivity index (χ4n) is 4.79. The van der Waals surface area contributed by atoms with Crippen LogP contribution in [0.2, 0.25) is 0 Å². The van der Waals surface area contributed by atoms with Gasteiger partial charge < -0.3 is 10.2 Å². The minimum atomic E-state index is -2.81. The van der Waals surface area contributed by atoms with Gasteiger partial charge in [-0.25, -0.2) is 8.78 Å². The van der Waals surface area contributed by atoms with E-state index >= 15 is 0 Å². The molecule has 1 aromatic carbocycles. The van der Waals surface area contributed by atoms with Gasteiger partial charge >= 0.3 is 0 Å². The van der Waals surface area contributed by atoms with Crippen LogP contribution in [0.1, 0.15) is 63.9 Å². The number of amides is 1. The SMILES string of the molecule is CC(F)(F)c1cccc(N2CCN(CCC3CCC(NC(=O)CCCC#N)CC3)CC2)c1. The number of alkyl halides is 2. The lowest BCUT2D eigenvalue weighted by Crippen LogP contribution is -2.47. The lowest BCUT2D eigenvalue weighted by atomic mass is 9.84. The van der Waals surface area contributed by atoms with Crippen molar-refractivity contribution in [3.05, 3.63) is 29.8 Å². The first kappa shape index (κ1) is 24.4. The van der Waals surface area contributed by atoms with Crippen LogP contribution in [0, 0.1) is 17.2 Å². The fraction of sp³-hybridized carbons (Fsp3) is 0.680. The maximum atomic E-state index is 13.6. The number of halogens is 2. The predicted molar refractivity (Wildman–Crippen MR) is 123 cm³/mol. The third-order valence-electron chi connectivity index (χ3n) is 6.85. The second-order valence-electron chi connectivity index (χ2n) is 9.35. The van der Waals surface area contributed by atoms with Crippen LogP contribution in [0.4, 0.5) is 14.5 Å². The maximum absolute atomic E-state index is 13.6. The number of unbranched alkanes of at least 4 members (excludes halogenated alkanes) is 1. The predicted octanol–water partition coefficient (Wildman–Crippen LogP) is 4.68. The molecular formula is C25H36F2N4O. The Kier molecular flexibility index (Phi) is 8.86. The Morgan fingerprint density at radius 2 is 1.91 bits per heavy atom. The van der Waals surface area contributed by atoms with E-state index in [9.17, 15) is 13.6 Å². The van der Waals surface area contributed by atoms with Crippen LogP contribution in [0.3, 0.4) is 0 Å². The van der Waals surface area contributed by atoms with E-state index in [1.54, 1.807) is 12.1 Å². The number of anilines is 1. The van der Waals surface area contributed by atoms with Crippen molar-refractivity contribution in [2.45, 2.75) is 70.3 Å². The smallest absolute Gasteiger partial charge is 0.270 e. The molecule has 1 aliphatic heterocycles. The molecule has 2 fully saturated rings. The number of nitriles is 1. The Labute approximate surface area is 190 Å². The first-order valence-electron chi connectivity index (χ1n) is 12.0. The Hall–Kier alpha value is -2.20. The molecule has 0 bridgehead atoms. The Balaban J connectivity index is 1.33. The number of piperazine rings is 1. The molecule has 0 radical (unpaired) electrons. The van der Waals surface area contributed by atoms with Gasteiger partial charge in [-0.15, -0.1) is 0 Å². The van der Waals surface area contributed by atoms with Crippen LogP contribution in [-0.2, 0) is 10.7 Å². The van der Waals surface area contributed by atoms with E-state index in [-0.39, 0.29) is 17.5 Å². The minimum absolute atomic E-state index is 0.0754. The molecule has 0 unspecified atom stereocenters. The number of nitrogens with one attached hydrogen (secondary N) is 1. The van der Waals surface area contributed by atoms with Gasteiger partial charge in [0, 0.05) is 63.2 Å². The number of hydrogen-bond acceptors (Lipinski definition) is 4. The van der Waals surface area contributed by atoms with E-state index in [2.05, 4.69) is 21.2 Å². The zero-order valence-corrected chi connectivity index (χ0v) is 19.2. The summed E-state index contributed by atoms with van der Waals surface area (Å²) in [6.45, 7) is 5.67. The number of carbonyl (C=O) groups excluding carboxylic acids is 1. The van der Waals surface area contributed by atoms with Gasteiger partial charge in [0.1, 0.15) is 0 Å². The summed E-state index contributed by atoms with van der Waals surface area (Å²) in [6, 6.07) is 9.13. The molecule has 1 amide bonds. The molecule has 0 atom stereocenters. The number of hydrogen-bond donors (Lipinski definition) is 1. The molecule has 1 aliphatic carbocycles. The summed E-state index contributed by atoms with van der Waals surface area (Å²) in [5.41, 5.74) is 0.961. The highest BCUT2D eigenvalue weighted by Gasteiger charge is 2.26. The van der Waals surface area contributed by atoms with Crippen molar-refractivity contribution >= 4 is 11.6 Å². The third-order valence-corrected chi connectivity index (χ3v) is 6.85. The summed E-state index contributed by atoms with van der Waals surface area (Å²) >= 11 is 0. The zero-order valence-electron chi connectivity index (χ0n) is 19.2. The first-order chi connectivity index (χ1) is 15.3. The Morgan fingerprint density at radius 1 is 1.19 bits per heavy atom. The zero-order chi connectivity index (χ0) is 23.0. The molecule has 32 heavy (non-hydrogen) atoms. The Bertz CT molecular complexity index is 773. The van der Waals surface area contributed by atoms with Crippen molar-refractivity contribution in [2.24, 2.45) is 5.92 Å². The number of carbonyl (C=O) groups is 1. The van der Waals surface area contributed by atoms with Crippen LogP contribution in [0.25, 0.3) is 0 Å². The molecule has 1 aromatic rings. The molecule has 176 valence electrons. The van der Waals surface area contributed by atoms with E-state index in [4.69, 9.17) is 5.26 Å². The Morgan fingerprint density at radius 3 is 2.56 bits per heavy atom. The van der Waals surface area contributed by atoms with Crippen molar-refractivity contribution in [1.29, 1.82) is 5.26 Å². The summed E-state index contributed by atoms with van der Waals surface area (Å²) in [4.78, 5) is 16.6. The van der Waals surface area contributed by atoms with E-state index in [0.717, 1.165) is 71.0 Å². The molecule has 0 spiro atoms. The molecule has 1 heterocycles. The van der Waals surface area contributed by atoms with Crippen molar-refractivity contribution in [2.75, 3.05) is 37.6 Å². The number of nitrogens with zero attached hydrogens (tertiary/aromatic N) is 3.